The van der Waals surface area contributed by atoms with E-state index in [-0.39, 0.29) is 0 Å². The van der Waals surface area contributed by atoms with Crippen LogP contribution in [0.4, 0.5) is 0 Å². The van der Waals surface area contributed by atoms with Gasteiger partial charge < -0.3 is 213 Å². The normalized spacial score (nSPS) is 53.9. The third kappa shape index (κ3) is 16.3. The van der Waals surface area contributed by atoms with Crippen LogP contribution in [0.2, 0.25) is 0 Å². The molecule has 0 spiro atoms. The molecule has 9 saturated heterocycles. The lowest BCUT2D eigenvalue weighted by atomic mass is 9.95. The van der Waals surface area contributed by atoms with E-state index < -0.39 is 318 Å². The zero-order valence-electron chi connectivity index (χ0n) is 49.2. The molecule has 0 unspecified atom stereocenters. The fourth-order valence-electron chi connectivity index (χ4n) is 11.8. The molecule has 9 heterocycles. The monoisotopic (exact) mass is 1390 g/mol. The van der Waals surface area contributed by atoms with Crippen molar-refractivity contribution >= 4 is 0 Å². The molecule has 0 radical (unpaired) electrons. The standard InChI is InChI=1S/C51H86O43/c52-1-13-22(61)25(64)33(72)45(85-13)93-41-20(59)11(56)5-79-50(41)82-7-16-24(63)27(66)35(74)47(87-16)91-40-18(9-83-51-42(21(60)12(57)6-80-51)94-46-34(73)26(65)23(62)14(2-53)86-46)89-49(37(76)30(40)69)92-39-17(8-81-44-32(71)19(58)10(55)4-78-44)88-48(36(75)29(39)68)90-38-15(3-54)84-43(77)31(70)28(38)67/h10-77H,1-9H2/t10-,11-,12-,13-,14-,15-,16-,17-,18-,19+,20+,21+,22+,23+,24-,25+,26+,27+,28-,29-,30-,31-,32-,33-,34-,35-,36-,37-,38-,39-,40-,41-,42-,43-,44-,45+,46+,47+,48+,49+,50-,51-/m1/s1. The van der Waals surface area contributed by atoms with Gasteiger partial charge in [-0.25, -0.2) is 0 Å². The highest BCUT2D eigenvalue weighted by molar-refractivity contribution is 5.00. The second-order valence-electron chi connectivity index (χ2n) is 24.0. The van der Waals surface area contributed by atoms with Gasteiger partial charge in [0.1, 0.15) is 201 Å². The molecule has 9 aliphatic heterocycles. The van der Waals surface area contributed by atoms with Crippen LogP contribution in [0, 0.1) is 0 Å². The van der Waals surface area contributed by atoms with Crippen LogP contribution in [-0.4, -0.2) is 450 Å². The summed E-state index contributed by atoms with van der Waals surface area (Å²) >= 11 is 0. The summed E-state index contributed by atoms with van der Waals surface area (Å²) in [5, 5.41) is 280. The third-order valence-corrected chi connectivity index (χ3v) is 17.5. The number of aliphatic hydroxyl groups is 26. The van der Waals surface area contributed by atoms with E-state index in [2.05, 4.69) is 0 Å². The van der Waals surface area contributed by atoms with Crippen LogP contribution >= 0.6 is 0 Å². The maximum atomic E-state index is 12.1. The van der Waals surface area contributed by atoms with Crippen LogP contribution in [0.1, 0.15) is 0 Å². The van der Waals surface area contributed by atoms with Crippen molar-refractivity contribution in [2.24, 2.45) is 0 Å². The smallest absolute Gasteiger partial charge is 0.187 e. The minimum Gasteiger partial charge on any atom is -0.394 e. The Bertz CT molecular complexity index is 2290. The molecule has 0 amide bonds. The molecule has 0 aromatic heterocycles. The van der Waals surface area contributed by atoms with Gasteiger partial charge in [0, 0.05) is 0 Å². The lowest BCUT2D eigenvalue weighted by molar-refractivity contribution is -0.396. The van der Waals surface area contributed by atoms with Crippen LogP contribution in [0.25, 0.3) is 0 Å². The molecular weight excluding hydrogens is 1300 g/mol. The maximum Gasteiger partial charge on any atom is 0.187 e. The molecular formula is C51H86O43. The Morgan fingerprint density at radius 2 is 0.500 bits per heavy atom. The molecule has 548 valence electrons. The highest BCUT2D eigenvalue weighted by Gasteiger charge is 2.58. The minimum atomic E-state index is -2.46. The van der Waals surface area contributed by atoms with Crippen LogP contribution in [-0.2, 0) is 80.5 Å². The molecule has 9 aliphatic rings. The zero-order chi connectivity index (χ0) is 68.6. The van der Waals surface area contributed by atoms with E-state index in [9.17, 15) is 133 Å². The molecule has 0 bridgehead atoms. The molecule has 0 saturated carbocycles. The van der Waals surface area contributed by atoms with Crippen molar-refractivity contribution in [2.45, 2.75) is 258 Å². The SMILES string of the molecule is OC[C@H]1O[C@@H](O[C@H]2[C@@H](OC[C@H]3O[C@@H](O[C@H]4[C@H](O)[C@@H](O)[C@H](O[C@H]5[C@H](O)[C@@H](O)[C@H](O[C@H]6[C@H](O)[C@@H](O)[C@H](O)O[C@@H]6CO)O[C@@H]5CO[C@H]5OC[C@@H](O)[C@H](O)[C@H]5O)O[C@@H]4CO[C@H]4OC[C@@H](O)[C@H](O)[C@H]4O[C@@H]4O[C@H](CO)[C@H](O)[C@H](O)[C@H]4O)[C@H](O)[C@@H](O)[C@@H]3O)OC[C@@H](O)[C@@H]2O)[C@H](O)[C@@H](O)[C@H]1O. The van der Waals surface area contributed by atoms with Gasteiger partial charge in [-0.05, 0) is 0 Å². The summed E-state index contributed by atoms with van der Waals surface area (Å²) in [6, 6.07) is 0. The second-order valence-corrected chi connectivity index (χ2v) is 24.0. The molecule has 26 N–H and O–H groups in total. The Hall–Kier alpha value is -1.72. The van der Waals surface area contributed by atoms with Crippen molar-refractivity contribution in [3.63, 3.8) is 0 Å². The van der Waals surface area contributed by atoms with Gasteiger partial charge in [-0.2, -0.15) is 0 Å². The summed E-state index contributed by atoms with van der Waals surface area (Å²) in [6.07, 6.45) is -83.9. The topological polar surface area (TPSA) is 683 Å². The molecule has 0 aromatic carbocycles. The lowest BCUT2D eigenvalue weighted by Gasteiger charge is -2.49. The third-order valence-electron chi connectivity index (χ3n) is 17.5. The van der Waals surface area contributed by atoms with Gasteiger partial charge in [0.15, 0.2) is 56.6 Å². The lowest BCUT2D eigenvalue weighted by Crippen LogP contribution is -2.68. The first-order valence-corrected chi connectivity index (χ1v) is 29.9. The quantitative estimate of drug-likeness (QED) is 0.0479. The summed E-state index contributed by atoms with van der Waals surface area (Å²) in [5.41, 5.74) is 0. The van der Waals surface area contributed by atoms with E-state index in [1.165, 1.54) is 0 Å². The Balaban J connectivity index is 0.977. The number of ether oxygens (including phenoxy) is 17. The van der Waals surface area contributed by atoms with Crippen LogP contribution in [0.5, 0.6) is 0 Å². The number of rotatable bonds is 22. The van der Waals surface area contributed by atoms with Crippen LogP contribution in [0.3, 0.4) is 0 Å². The van der Waals surface area contributed by atoms with Gasteiger partial charge in [0.25, 0.3) is 0 Å². The average molecular weight is 1390 g/mol. The second kappa shape index (κ2) is 32.9. The Kier molecular flexibility index (Phi) is 26.8. The van der Waals surface area contributed by atoms with Gasteiger partial charge in [-0.3, -0.25) is 0 Å². The Morgan fingerprint density at radius 3 is 0.894 bits per heavy atom. The predicted octanol–water partition coefficient (Wildman–Crippen LogP) is -18.7. The van der Waals surface area contributed by atoms with Crippen molar-refractivity contribution in [1.29, 1.82) is 0 Å². The first kappa shape index (κ1) is 76.5. The van der Waals surface area contributed by atoms with E-state index >= 15 is 0 Å². The first-order chi connectivity index (χ1) is 44.5. The fraction of sp³-hybridized carbons (Fsp3) is 1.00. The molecule has 42 atom stereocenters. The van der Waals surface area contributed by atoms with E-state index in [4.69, 9.17) is 80.5 Å². The summed E-state index contributed by atoms with van der Waals surface area (Å²) in [7, 11) is 0. The predicted molar refractivity (Wildman–Crippen MR) is 279 cm³/mol. The molecule has 43 nitrogen and oxygen atoms in total. The highest BCUT2D eigenvalue weighted by Crippen LogP contribution is 2.38. The first-order valence-electron chi connectivity index (χ1n) is 29.9. The molecule has 9 fully saturated rings. The Morgan fingerprint density at radius 1 is 0.223 bits per heavy atom. The van der Waals surface area contributed by atoms with Gasteiger partial charge in [0.2, 0.25) is 0 Å². The Labute approximate surface area is 530 Å². The summed E-state index contributed by atoms with van der Waals surface area (Å²) in [4.78, 5) is 0. The molecule has 0 aliphatic carbocycles. The summed E-state index contributed by atoms with van der Waals surface area (Å²) in [6.45, 7) is -7.75. The van der Waals surface area contributed by atoms with Crippen molar-refractivity contribution in [3.8, 4) is 0 Å². The fourth-order valence-corrected chi connectivity index (χ4v) is 11.8. The number of hydrogen-bond donors (Lipinski definition) is 26. The van der Waals surface area contributed by atoms with Crippen molar-refractivity contribution < 1.29 is 213 Å². The van der Waals surface area contributed by atoms with E-state index in [1.54, 1.807) is 0 Å². The molecule has 43 heteroatoms. The van der Waals surface area contributed by atoms with Crippen LogP contribution < -0.4 is 0 Å². The number of hydrogen-bond acceptors (Lipinski definition) is 43. The molecule has 9 rings (SSSR count). The van der Waals surface area contributed by atoms with E-state index in [0.717, 1.165) is 0 Å². The van der Waals surface area contributed by atoms with Crippen molar-refractivity contribution in [2.75, 3.05) is 59.5 Å². The van der Waals surface area contributed by atoms with E-state index in [1.807, 2.05) is 0 Å². The van der Waals surface area contributed by atoms with Gasteiger partial charge in [0.05, 0.1) is 59.5 Å². The van der Waals surface area contributed by atoms with Crippen LogP contribution in [0.15, 0.2) is 0 Å². The van der Waals surface area contributed by atoms with E-state index in [0.29, 0.717) is 0 Å². The zero-order valence-corrected chi connectivity index (χ0v) is 49.2. The maximum absolute atomic E-state index is 12.1. The van der Waals surface area contributed by atoms with Gasteiger partial charge in [-0.15, -0.1) is 0 Å². The summed E-state index contributed by atoms with van der Waals surface area (Å²) < 4.78 is 96.8. The molecule has 0 aromatic rings. The minimum absolute atomic E-state index is 0.605. The number of aliphatic hydroxyl groups excluding tert-OH is 26. The molecule has 94 heavy (non-hydrogen) atoms. The van der Waals surface area contributed by atoms with Gasteiger partial charge >= 0.3 is 0 Å². The largest absolute Gasteiger partial charge is 0.394 e. The van der Waals surface area contributed by atoms with Gasteiger partial charge in [-0.1, -0.05) is 0 Å². The van der Waals surface area contributed by atoms with Crippen molar-refractivity contribution in [3.05, 3.63) is 0 Å². The summed E-state index contributed by atoms with van der Waals surface area (Å²) in [5.74, 6) is 0. The van der Waals surface area contributed by atoms with Crippen molar-refractivity contribution in [1.82, 2.24) is 0 Å². The highest BCUT2D eigenvalue weighted by atomic mass is 16.8. The average Bonchev–Trinajstić information content (AvgIpc) is 0.793.